The highest BCUT2D eigenvalue weighted by atomic mass is 16.6. The molecule has 0 saturated heterocycles. The fourth-order valence-electron chi connectivity index (χ4n) is 9.10. The van der Waals surface area contributed by atoms with Crippen molar-refractivity contribution in [2.75, 3.05) is 13.2 Å². The number of ether oxygens (including phenoxy) is 3. The van der Waals surface area contributed by atoms with Gasteiger partial charge in [-0.1, -0.05) is 301 Å². The highest BCUT2D eigenvalue weighted by Gasteiger charge is 2.19. The van der Waals surface area contributed by atoms with Gasteiger partial charge in [-0.05, 0) is 122 Å². The van der Waals surface area contributed by atoms with Gasteiger partial charge in [0, 0.05) is 19.3 Å². The third-order valence-electron chi connectivity index (χ3n) is 14.1. The van der Waals surface area contributed by atoms with E-state index in [0.29, 0.717) is 19.3 Å². The van der Waals surface area contributed by atoms with E-state index in [9.17, 15) is 14.4 Å². The lowest BCUT2D eigenvalue weighted by Crippen LogP contribution is -2.30. The van der Waals surface area contributed by atoms with Gasteiger partial charge in [-0.15, -0.1) is 0 Å². The number of hydrogen-bond acceptors (Lipinski definition) is 6. The molecule has 0 radical (unpaired) electrons. The van der Waals surface area contributed by atoms with E-state index in [1.165, 1.54) is 103 Å². The van der Waals surface area contributed by atoms with E-state index in [2.05, 4.69) is 167 Å². The molecule has 0 aromatic rings. The molecule has 0 aliphatic rings. The Kier molecular flexibility index (Phi) is 64.8. The first-order valence-electron chi connectivity index (χ1n) is 33.8. The van der Waals surface area contributed by atoms with Crippen LogP contribution >= 0.6 is 0 Å². The summed E-state index contributed by atoms with van der Waals surface area (Å²) in [6.07, 6.45) is 98.5. The first kappa shape index (κ1) is 77.3. The van der Waals surface area contributed by atoms with Crippen LogP contribution in [0.25, 0.3) is 0 Å². The van der Waals surface area contributed by atoms with Crippen LogP contribution in [-0.2, 0) is 28.6 Å². The molecule has 0 aromatic carbocycles. The lowest BCUT2D eigenvalue weighted by molar-refractivity contribution is -0.167. The van der Waals surface area contributed by atoms with Gasteiger partial charge in [-0.3, -0.25) is 14.4 Å². The standard InChI is InChI=1S/C76H124O6/c1-4-7-10-13-16-19-22-25-28-30-32-34-35-36-37-38-39-40-41-43-44-46-48-51-54-57-60-63-66-69-75(78)81-72-73(71-80-74(77)68-65-62-59-56-53-50-27-24-21-18-15-12-9-6-3)82-76(79)70-67-64-61-58-55-52-49-47-45-42-33-31-29-26-23-20-17-14-11-8-5-2/h7-8,10-11,16-17,19-20,25-26,28-29,32-34,36-37,39-40,42-44,48,51,73H,4-6,9,12-15,18,21-24,27,30-31,35,38,41,45-47,49-50,52-72H2,1-3H3/b10-7-,11-8-,19-16-,20-17-,28-25-,29-26-,34-32-,37-36-,40-39-,42-33-,44-43-,51-48-. The Balaban J connectivity index is 4.42. The summed E-state index contributed by atoms with van der Waals surface area (Å²) in [5, 5.41) is 0. The van der Waals surface area contributed by atoms with Crippen LogP contribution in [0.5, 0.6) is 0 Å². The van der Waals surface area contributed by atoms with E-state index < -0.39 is 6.10 Å². The summed E-state index contributed by atoms with van der Waals surface area (Å²) in [6, 6.07) is 0. The van der Waals surface area contributed by atoms with E-state index >= 15 is 0 Å². The highest BCUT2D eigenvalue weighted by Crippen LogP contribution is 2.16. The van der Waals surface area contributed by atoms with Gasteiger partial charge >= 0.3 is 17.9 Å². The van der Waals surface area contributed by atoms with Gasteiger partial charge in [0.25, 0.3) is 0 Å². The minimum absolute atomic E-state index is 0.0917. The number of hydrogen-bond donors (Lipinski definition) is 0. The van der Waals surface area contributed by atoms with Crippen molar-refractivity contribution in [3.8, 4) is 0 Å². The Morgan fingerprint density at radius 1 is 0.256 bits per heavy atom. The van der Waals surface area contributed by atoms with E-state index in [1.807, 2.05) is 0 Å². The molecule has 0 aromatic heterocycles. The van der Waals surface area contributed by atoms with Crippen LogP contribution in [0.4, 0.5) is 0 Å². The van der Waals surface area contributed by atoms with Crippen molar-refractivity contribution in [2.24, 2.45) is 0 Å². The first-order chi connectivity index (χ1) is 40.5. The van der Waals surface area contributed by atoms with Gasteiger partial charge < -0.3 is 14.2 Å². The van der Waals surface area contributed by atoms with Gasteiger partial charge in [-0.25, -0.2) is 0 Å². The summed E-state index contributed by atoms with van der Waals surface area (Å²) in [6.45, 7) is 6.40. The Bertz CT molecular complexity index is 1780. The van der Waals surface area contributed by atoms with Crippen molar-refractivity contribution in [3.63, 3.8) is 0 Å². The summed E-state index contributed by atoms with van der Waals surface area (Å²) in [5.74, 6) is -0.921. The second-order valence-electron chi connectivity index (χ2n) is 22.0. The maximum absolute atomic E-state index is 12.9. The molecule has 6 heteroatoms. The predicted molar refractivity (Wildman–Crippen MR) is 357 cm³/mol. The Morgan fingerprint density at radius 3 is 0.744 bits per heavy atom. The molecule has 0 aliphatic carbocycles. The van der Waals surface area contributed by atoms with Crippen LogP contribution in [0, 0.1) is 0 Å². The van der Waals surface area contributed by atoms with Crippen molar-refractivity contribution >= 4 is 17.9 Å². The van der Waals surface area contributed by atoms with Crippen molar-refractivity contribution in [3.05, 3.63) is 146 Å². The van der Waals surface area contributed by atoms with Gasteiger partial charge in [0.15, 0.2) is 6.10 Å². The lowest BCUT2D eigenvalue weighted by atomic mass is 10.0. The lowest BCUT2D eigenvalue weighted by Gasteiger charge is -2.18. The SMILES string of the molecule is CC/C=C\C/C=C\C/C=C\C/C=C\C/C=C\C/C=C\C/C=C\C/C=C\CCCCCCC(=O)OCC(COC(=O)CCCCCCCCCCCCCCCC)OC(=O)CCCCCCCCCC/C=C\C/C=C\C/C=C\C/C=C\CC. The zero-order valence-electron chi connectivity index (χ0n) is 53.2. The summed E-state index contributed by atoms with van der Waals surface area (Å²) in [5.41, 5.74) is 0. The molecule has 0 fully saturated rings. The number of esters is 3. The van der Waals surface area contributed by atoms with E-state index in [4.69, 9.17) is 14.2 Å². The molecular formula is C76H124O6. The van der Waals surface area contributed by atoms with Gasteiger partial charge in [0.1, 0.15) is 13.2 Å². The smallest absolute Gasteiger partial charge is 0.306 e. The number of allylic oxidation sites excluding steroid dienone is 24. The molecule has 1 atom stereocenters. The Labute approximate surface area is 506 Å². The van der Waals surface area contributed by atoms with Crippen molar-refractivity contribution in [2.45, 2.75) is 303 Å². The quantitative estimate of drug-likeness (QED) is 0.0261. The van der Waals surface area contributed by atoms with Crippen molar-refractivity contribution < 1.29 is 28.6 Å². The second-order valence-corrected chi connectivity index (χ2v) is 22.0. The zero-order chi connectivity index (χ0) is 59.2. The number of carbonyl (C=O) groups is 3. The molecule has 0 aliphatic heterocycles. The maximum Gasteiger partial charge on any atom is 0.306 e. The molecule has 0 spiro atoms. The normalized spacial score (nSPS) is 13.1. The molecule has 6 nitrogen and oxygen atoms in total. The molecule has 82 heavy (non-hydrogen) atoms. The van der Waals surface area contributed by atoms with Crippen LogP contribution in [0.2, 0.25) is 0 Å². The fourth-order valence-corrected chi connectivity index (χ4v) is 9.10. The summed E-state index contributed by atoms with van der Waals surface area (Å²) in [4.78, 5) is 38.4. The van der Waals surface area contributed by atoms with Gasteiger partial charge in [-0.2, -0.15) is 0 Å². The molecule has 0 saturated carbocycles. The van der Waals surface area contributed by atoms with Crippen LogP contribution < -0.4 is 0 Å². The van der Waals surface area contributed by atoms with E-state index in [0.717, 1.165) is 154 Å². The fraction of sp³-hybridized carbons (Fsp3) is 0.645. The van der Waals surface area contributed by atoms with Crippen LogP contribution in [0.3, 0.4) is 0 Å². The van der Waals surface area contributed by atoms with Gasteiger partial charge in [0.2, 0.25) is 0 Å². The minimum Gasteiger partial charge on any atom is -0.462 e. The van der Waals surface area contributed by atoms with Crippen LogP contribution in [0.15, 0.2) is 146 Å². The monoisotopic (exact) mass is 1130 g/mol. The molecular weight excluding hydrogens is 1010 g/mol. The van der Waals surface area contributed by atoms with Gasteiger partial charge in [0.05, 0.1) is 0 Å². The number of rotatable bonds is 60. The molecule has 0 amide bonds. The third kappa shape index (κ3) is 66.1. The van der Waals surface area contributed by atoms with Crippen molar-refractivity contribution in [1.82, 2.24) is 0 Å². The molecule has 0 bridgehead atoms. The molecule has 1 unspecified atom stereocenters. The Morgan fingerprint density at radius 2 is 0.476 bits per heavy atom. The molecule has 464 valence electrons. The van der Waals surface area contributed by atoms with Crippen molar-refractivity contribution in [1.29, 1.82) is 0 Å². The first-order valence-corrected chi connectivity index (χ1v) is 33.8. The summed E-state index contributed by atoms with van der Waals surface area (Å²) < 4.78 is 16.9. The topological polar surface area (TPSA) is 78.9 Å². The minimum atomic E-state index is -0.799. The molecule has 0 heterocycles. The van der Waals surface area contributed by atoms with E-state index in [1.54, 1.807) is 0 Å². The zero-order valence-corrected chi connectivity index (χ0v) is 53.2. The number of unbranched alkanes of at least 4 members (excludes halogenated alkanes) is 25. The van der Waals surface area contributed by atoms with Crippen LogP contribution in [0.1, 0.15) is 297 Å². The number of carbonyl (C=O) groups excluding carboxylic acids is 3. The van der Waals surface area contributed by atoms with E-state index in [-0.39, 0.29) is 31.1 Å². The highest BCUT2D eigenvalue weighted by molar-refractivity contribution is 5.71. The second kappa shape index (κ2) is 68.8. The average molecular weight is 1130 g/mol. The molecule has 0 N–H and O–H groups in total. The summed E-state index contributed by atoms with van der Waals surface area (Å²) in [7, 11) is 0. The molecule has 0 rings (SSSR count). The maximum atomic E-state index is 12.9. The summed E-state index contributed by atoms with van der Waals surface area (Å²) >= 11 is 0. The average Bonchev–Trinajstić information content (AvgIpc) is 3.47. The largest absolute Gasteiger partial charge is 0.462 e. The third-order valence-corrected chi connectivity index (χ3v) is 14.1. The Hall–Kier alpha value is -4.71. The predicted octanol–water partition coefficient (Wildman–Crippen LogP) is 23.5. The van der Waals surface area contributed by atoms with Crippen LogP contribution in [-0.4, -0.2) is 37.2 Å².